The number of hydrogen-bond acceptors (Lipinski definition) is 1. The summed E-state index contributed by atoms with van der Waals surface area (Å²) in [5, 5.41) is 2.97. The van der Waals surface area contributed by atoms with Crippen molar-refractivity contribution in [2.24, 2.45) is 0 Å². The molecule has 2 aromatic carbocycles. The average molecular weight is 281 g/mol. The zero-order chi connectivity index (χ0) is 14.4. The molecule has 2 aromatic rings. The number of halogens is 1. The van der Waals surface area contributed by atoms with Gasteiger partial charge in [-0.15, -0.1) is 0 Å². The molecule has 1 aliphatic heterocycles. The number of hydrogen-bond donors (Lipinski definition) is 1. The van der Waals surface area contributed by atoms with E-state index in [2.05, 4.69) is 17.4 Å². The van der Waals surface area contributed by atoms with Crippen LogP contribution in [-0.2, 0) is 17.6 Å². The minimum absolute atomic E-state index is 0.00899. The van der Waals surface area contributed by atoms with Crippen LogP contribution in [0.2, 0.25) is 0 Å². The fourth-order valence-corrected chi connectivity index (χ4v) is 3.56. The Labute approximate surface area is 123 Å². The summed E-state index contributed by atoms with van der Waals surface area (Å²) >= 11 is 0. The van der Waals surface area contributed by atoms with Crippen LogP contribution in [0.5, 0.6) is 0 Å². The van der Waals surface area contributed by atoms with Crippen LogP contribution in [0.3, 0.4) is 0 Å². The van der Waals surface area contributed by atoms with Crippen molar-refractivity contribution in [1.82, 2.24) is 0 Å². The lowest BCUT2D eigenvalue weighted by Crippen LogP contribution is -2.24. The van der Waals surface area contributed by atoms with Crippen LogP contribution >= 0.6 is 0 Å². The van der Waals surface area contributed by atoms with E-state index in [1.54, 1.807) is 12.1 Å². The second-order valence-electron chi connectivity index (χ2n) is 5.92. The fraction of sp³-hybridized carbons (Fsp3) is 0.278. The van der Waals surface area contributed by atoms with Gasteiger partial charge in [0.2, 0.25) is 5.91 Å². The Hall–Kier alpha value is -2.16. The molecule has 1 N–H and O–H groups in total. The monoisotopic (exact) mass is 281 g/mol. The molecule has 0 saturated carbocycles. The lowest BCUT2D eigenvalue weighted by atomic mass is 9.83. The van der Waals surface area contributed by atoms with Gasteiger partial charge in [0.1, 0.15) is 5.82 Å². The predicted octanol–water partition coefficient (Wildman–Crippen LogP) is 3.79. The number of benzene rings is 2. The first-order chi connectivity index (χ1) is 10.2. The van der Waals surface area contributed by atoms with Crippen molar-refractivity contribution in [3.8, 4) is 0 Å². The number of anilines is 1. The van der Waals surface area contributed by atoms with Crippen LogP contribution in [0.4, 0.5) is 10.1 Å². The first-order valence-electron chi connectivity index (χ1n) is 7.42. The summed E-state index contributed by atoms with van der Waals surface area (Å²) in [6.07, 6.45) is 3.75. The van der Waals surface area contributed by atoms with Gasteiger partial charge in [-0.2, -0.15) is 0 Å². The molecular weight excluding hydrogens is 265 g/mol. The molecule has 1 atom stereocenters. The number of fused-ring (bicyclic) bond motifs is 2. The van der Waals surface area contributed by atoms with Gasteiger partial charge >= 0.3 is 0 Å². The lowest BCUT2D eigenvalue weighted by Gasteiger charge is -2.27. The maximum Gasteiger partial charge on any atom is 0.225 e. The largest absolute Gasteiger partial charge is 0.326 e. The molecule has 0 radical (unpaired) electrons. The van der Waals surface area contributed by atoms with Gasteiger partial charge in [-0.05, 0) is 59.7 Å². The van der Waals surface area contributed by atoms with E-state index in [9.17, 15) is 9.18 Å². The number of carbonyl (C=O) groups is 1. The summed E-state index contributed by atoms with van der Waals surface area (Å²) in [6, 6.07) is 10.9. The minimum Gasteiger partial charge on any atom is -0.326 e. The Morgan fingerprint density at radius 1 is 1.10 bits per heavy atom. The predicted molar refractivity (Wildman–Crippen MR) is 80.0 cm³/mol. The van der Waals surface area contributed by atoms with Crippen LogP contribution in [0.15, 0.2) is 36.4 Å². The van der Waals surface area contributed by atoms with E-state index in [0.717, 1.165) is 29.7 Å². The van der Waals surface area contributed by atoms with E-state index in [1.165, 1.54) is 23.6 Å². The summed E-state index contributed by atoms with van der Waals surface area (Å²) < 4.78 is 13.5. The molecule has 4 rings (SSSR count). The third kappa shape index (κ3) is 2.13. The highest BCUT2D eigenvalue weighted by molar-refractivity contribution is 5.95. The number of carbonyl (C=O) groups excluding carboxylic acids is 1. The minimum atomic E-state index is -0.249. The molecule has 2 aliphatic rings. The van der Waals surface area contributed by atoms with E-state index < -0.39 is 0 Å². The summed E-state index contributed by atoms with van der Waals surface area (Å²) in [5.74, 6) is -0.286. The summed E-state index contributed by atoms with van der Waals surface area (Å²) in [5.41, 5.74) is 5.63. The molecule has 1 aliphatic carbocycles. The highest BCUT2D eigenvalue weighted by atomic mass is 19.1. The Balaban J connectivity index is 1.85. The van der Waals surface area contributed by atoms with E-state index >= 15 is 0 Å². The Kier molecular flexibility index (Phi) is 2.81. The zero-order valence-electron chi connectivity index (χ0n) is 11.7. The van der Waals surface area contributed by atoms with Crippen molar-refractivity contribution in [2.45, 2.75) is 31.6 Å². The van der Waals surface area contributed by atoms with Gasteiger partial charge < -0.3 is 5.32 Å². The Morgan fingerprint density at radius 2 is 1.90 bits per heavy atom. The number of nitrogens with one attached hydrogen (secondary N) is 1. The van der Waals surface area contributed by atoms with Gasteiger partial charge in [0, 0.05) is 18.0 Å². The third-order valence-corrected chi connectivity index (χ3v) is 4.55. The Morgan fingerprint density at radius 3 is 2.71 bits per heavy atom. The average Bonchev–Trinajstić information content (AvgIpc) is 2.91. The first kappa shape index (κ1) is 12.6. The van der Waals surface area contributed by atoms with Crippen molar-refractivity contribution >= 4 is 11.6 Å². The molecule has 106 valence electrons. The maximum atomic E-state index is 13.5. The zero-order valence-corrected chi connectivity index (χ0v) is 11.7. The van der Waals surface area contributed by atoms with Gasteiger partial charge in [-0.1, -0.05) is 18.2 Å². The van der Waals surface area contributed by atoms with Gasteiger partial charge in [-0.3, -0.25) is 4.79 Å². The summed E-state index contributed by atoms with van der Waals surface area (Å²) in [4.78, 5) is 12.0. The topological polar surface area (TPSA) is 29.1 Å². The SMILES string of the molecule is O=C1CC(c2cccc(F)c2)c2cc3c(cc2N1)CCC3. The highest BCUT2D eigenvalue weighted by Gasteiger charge is 2.28. The summed E-state index contributed by atoms with van der Waals surface area (Å²) in [6.45, 7) is 0. The molecule has 21 heavy (non-hydrogen) atoms. The van der Waals surface area contributed by atoms with Gasteiger partial charge in [-0.25, -0.2) is 4.39 Å². The van der Waals surface area contributed by atoms with Crippen LogP contribution in [-0.4, -0.2) is 5.91 Å². The van der Waals surface area contributed by atoms with Crippen molar-refractivity contribution < 1.29 is 9.18 Å². The lowest BCUT2D eigenvalue weighted by molar-refractivity contribution is -0.116. The smallest absolute Gasteiger partial charge is 0.225 e. The first-order valence-corrected chi connectivity index (χ1v) is 7.42. The number of aryl methyl sites for hydroxylation is 2. The molecule has 0 bridgehead atoms. The standard InChI is InChI=1S/C18H16FNO/c19-14-6-2-5-13(7-14)15-10-18(21)20-17-9-12-4-1-3-11(12)8-16(15)17/h2,5-9,15H,1,3-4,10H2,(H,20,21). The normalized spacial score (nSPS) is 19.9. The highest BCUT2D eigenvalue weighted by Crippen LogP contribution is 2.40. The van der Waals surface area contributed by atoms with Crippen molar-refractivity contribution in [2.75, 3.05) is 5.32 Å². The van der Waals surface area contributed by atoms with E-state index in [-0.39, 0.29) is 17.6 Å². The van der Waals surface area contributed by atoms with Crippen molar-refractivity contribution in [1.29, 1.82) is 0 Å². The number of rotatable bonds is 1. The second kappa shape index (κ2) is 4.69. The Bertz CT molecular complexity index is 738. The molecule has 1 unspecified atom stereocenters. The van der Waals surface area contributed by atoms with Crippen molar-refractivity contribution in [3.63, 3.8) is 0 Å². The van der Waals surface area contributed by atoms with E-state index in [4.69, 9.17) is 0 Å². The van der Waals surface area contributed by atoms with E-state index in [1.807, 2.05) is 6.07 Å². The van der Waals surface area contributed by atoms with Gasteiger partial charge in [0.15, 0.2) is 0 Å². The van der Waals surface area contributed by atoms with Crippen LogP contribution in [0, 0.1) is 5.82 Å². The molecule has 1 amide bonds. The second-order valence-corrected chi connectivity index (χ2v) is 5.92. The quantitative estimate of drug-likeness (QED) is 0.846. The molecule has 2 nitrogen and oxygen atoms in total. The van der Waals surface area contributed by atoms with Gasteiger partial charge in [0.05, 0.1) is 0 Å². The fourth-order valence-electron chi connectivity index (χ4n) is 3.56. The molecule has 0 aromatic heterocycles. The van der Waals surface area contributed by atoms with Crippen LogP contribution in [0.25, 0.3) is 0 Å². The molecule has 0 spiro atoms. The van der Waals surface area contributed by atoms with Crippen LogP contribution in [0.1, 0.15) is 41.0 Å². The van der Waals surface area contributed by atoms with Crippen molar-refractivity contribution in [3.05, 3.63) is 64.5 Å². The van der Waals surface area contributed by atoms with Gasteiger partial charge in [0.25, 0.3) is 0 Å². The van der Waals surface area contributed by atoms with E-state index in [0.29, 0.717) is 6.42 Å². The molecule has 0 saturated heterocycles. The molecule has 1 heterocycles. The molecule has 0 fully saturated rings. The number of amides is 1. The molecule has 3 heteroatoms. The van der Waals surface area contributed by atoms with Crippen LogP contribution < -0.4 is 5.32 Å². The summed E-state index contributed by atoms with van der Waals surface area (Å²) in [7, 11) is 0. The molecular formula is C18H16FNO. The maximum absolute atomic E-state index is 13.5. The third-order valence-electron chi connectivity index (χ3n) is 4.55.